The van der Waals surface area contributed by atoms with Crippen molar-refractivity contribution in [3.05, 3.63) is 29.8 Å². The lowest BCUT2D eigenvalue weighted by Gasteiger charge is -2.31. The average molecular weight is 329 g/mol. The molecule has 3 amide bonds. The number of hydrogen-bond donors (Lipinski definition) is 2. The maximum atomic E-state index is 12.3. The first kappa shape index (κ1) is 16.5. The summed E-state index contributed by atoms with van der Waals surface area (Å²) in [6, 6.07) is 7.77. The third kappa shape index (κ3) is 3.58. The number of nitrogens with zero attached hydrogens (tertiary/aromatic N) is 1. The van der Waals surface area contributed by atoms with Crippen LogP contribution in [0.4, 0.5) is 5.69 Å². The second-order valence-corrected chi connectivity index (χ2v) is 6.64. The monoisotopic (exact) mass is 329 g/mol. The summed E-state index contributed by atoms with van der Waals surface area (Å²) < 4.78 is 0. The van der Waals surface area contributed by atoms with E-state index in [0.717, 1.165) is 11.3 Å². The van der Waals surface area contributed by atoms with E-state index in [0.29, 0.717) is 45.2 Å². The topological polar surface area (TPSA) is 92.5 Å². The molecule has 2 heterocycles. The fourth-order valence-corrected chi connectivity index (χ4v) is 3.52. The first-order valence-corrected chi connectivity index (χ1v) is 8.50. The molecule has 0 saturated carbocycles. The number of anilines is 1. The number of primary amides is 1. The van der Waals surface area contributed by atoms with Crippen molar-refractivity contribution in [2.45, 2.75) is 32.1 Å². The van der Waals surface area contributed by atoms with E-state index in [1.165, 1.54) is 0 Å². The maximum Gasteiger partial charge on any atom is 0.227 e. The Morgan fingerprint density at radius 3 is 2.62 bits per heavy atom. The first-order valence-electron chi connectivity index (χ1n) is 8.50. The summed E-state index contributed by atoms with van der Waals surface area (Å²) in [5.41, 5.74) is 7.31. The van der Waals surface area contributed by atoms with Gasteiger partial charge in [0.05, 0.1) is 0 Å². The van der Waals surface area contributed by atoms with Crippen LogP contribution in [0.15, 0.2) is 24.3 Å². The van der Waals surface area contributed by atoms with Crippen molar-refractivity contribution in [3.8, 4) is 0 Å². The van der Waals surface area contributed by atoms with Crippen molar-refractivity contribution in [1.29, 1.82) is 0 Å². The first-order chi connectivity index (χ1) is 11.5. The average Bonchev–Trinajstić information content (AvgIpc) is 2.59. The van der Waals surface area contributed by atoms with Crippen molar-refractivity contribution in [2.75, 3.05) is 18.4 Å². The van der Waals surface area contributed by atoms with Gasteiger partial charge in [-0.2, -0.15) is 0 Å². The molecule has 1 aromatic rings. The largest absolute Gasteiger partial charge is 0.369 e. The lowest BCUT2D eigenvalue weighted by molar-refractivity contribution is -0.135. The molecule has 3 N–H and O–H groups in total. The zero-order valence-electron chi connectivity index (χ0n) is 13.7. The molecule has 0 aromatic heterocycles. The molecule has 1 saturated heterocycles. The van der Waals surface area contributed by atoms with E-state index in [-0.39, 0.29) is 29.6 Å². The number of fused-ring (bicyclic) bond motifs is 1. The Bertz CT molecular complexity index is 651. The van der Waals surface area contributed by atoms with Gasteiger partial charge in [-0.05, 0) is 37.3 Å². The van der Waals surface area contributed by atoms with Gasteiger partial charge >= 0.3 is 0 Å². The van der Waals surface area contributed by atoms with Crippen LogP contribution in [0.25, 0.3) is 0 Å². The minimum atomic E-state index is -0.278. The molecule has 1 aromatic carbocycles. The van der Waals surface area contributed by atoms with E-state index in [1.54, 1.807) is 4.90 Å². The molecular weight excluding hydrogens is 306 g/mol. The third-order valence-electron chi connectivity index (χ3n) is 5.07. The quantitative estimate of drug-likeness (QED) is 0.872. The van der Waals surface area contributed by atoms with Gasteiger partial charge < -0.3 is 16.0 Å². The summed E-state index contributed by atoms with van der Waals surface area (Å²) >= 11 is 0. The summed E-state index contributed by atoms with van der Waals surface area (Å²) in [5.74, 6) is -0.500. The highest BCUT2D eigenvalue weighted by Crippen LogP contribution is 2.28. The van der Waals surface area contributed by atoms with Gasteiger partial charge in [0.25, 0.3) is 0 Å². The summed E-state index contributed by atoms with van der Waals surface area (Å²) in [4.78, 5) is 37.5. The number of benzene rings is 1. The molecule has 6 heteroatoms. The molecule has 0 spiro atoms. The number of piperidine rings is 1. The third-order valence-corrected chi connectivity index (χ3v) is 5.07. The van der Waals surface area contributed by atoms with E-state index < -0.39 is 0 Å². The van der Waals surface area contributed by atoms with Crippen LogP contribution >= 0.6 is 0 Å². The molecular formula is C18H23N3O3. The number of nitrogens with one attached hydrogen (secondary N) is 1. The molecule has 24 heavy (non-hydrogen) atoms. The molecule has 0 radical (unpaired) electrons. The van der Waals surface area contributed by atoms with E-state index in [4.69, 9.17) is 5.73 Å². The maximum absolute atomic E-state index is 12.3. The van der Waals surface area contributed by atoms with Crippen LogP contribution in [0.5, 0.6) is 0 Å². The Kier molecular flexibility index (Phi) is 4.83. The number of para-hydroxylation sites is 1. The van der Waals surface area contributed by atoms with Crippen LogP contribution in [0.2, 0.25) is 0 Å². The minimum absolute atomic E-state index is 0.00561. The molecule has 0 aliphatic carbocycles. The van der Waals surface area contributed by atoms with E-state index >= 15 is 0 Å². The molecule has 128 valence electrons. The molecule has 2 aliphatic rings. The fourth-order valence-electron chi connectivity index (χ4n) is 3.52. The zero-order valence-corrected chi connectivity index (χ0v) is 13.7. The second-order valence-electron chi connectivity index (χ2n) is 6.64. The van der Waals surface area contributed by atoms with Gasteiger partial charge in [-0.3, -0.25) is 14.4 Å². The standard InChI is InChI=1S/C18H23N3O3/c19-17(23)12-7-9-21(10-8-12)16(22)6-5-14-11-13-3-1-2-4-15(13)20-18(14)24/h1-4,12,14H,5-11H2,(H2,19,23)(H,20,24). The number of hydrogen-bond acceptors (Lipinski definition) is 3. The highest BCUT2D eigenvalue weighted by Gasteiger charge is 2.29. The molecule has 6 nitrogen and oxygen atoms in total. The van der Waals surface area contributed by atoms with Gasteiger partial charge in [0.2, 0.25) is 17.7 Å². The molecule has 1 unspecified atom stereocenters. The Morgan fingerprint density at radius 1 is 1.21 bits per heavy atom. The van der Waals surface area contributed by atoms with E-state index in [1.807, 2.05) is 24.3 Å². The Hall–Kier alpha value is -2.37. The number of nitrogens with two attached hydrogens (primary N) is 1. The second kappa shape index (κ2) is 7.03. The van der Waals surface area contributed by atoms with Crippen molar-refractivity contribution < 1.29 is 14.4 Å². The number of carbonyl (C=O) groups is 3. The van der Waals surface area contributed by atoms with E-state index in [2.05, 4.69) is 5.32 Å². The van der Waals surface area contributed by atoms with Gasteiger partial charge in [-0.25, -0.2) is 0 Å². The van der Waals surface area contributed by atoms with Crippen LogP contribution in [-0.2, 0) is 20.8 Å². The number of rotatable bonds is 4. The molecule has 1 atom stereocenters. The number of amides is 3. The Balaban J connectivity index is 1.50. The van der Waals surface area contributed by atoms with Crippen LogP contribution in [0.3, 0.4) is 0 Å². The van der Waals surface area contributed by atoms with Crippen LogP contribution in [-0.4, -0.2) is 35.7 Å². The lowest BCUT2D eigenvalue weighted by atomic mass is 9.89. The predicted molar refractivity (Wildman–Crippen MR) is 90.0 cm³/mol. The highest BCUT2D eigenvalue weighted by molar-refractivity contribution is 5.96. The molecule has 3 rings (SSSR count). The lowest BCUT2D eigenvalue weighted by Crippen LogP contribution is -2.42. The summed E-state index contributed by atoms with van der Waals surface area (Å²) in [5, 5.41) is 2.92. The van der Waals surface area contributed by atoms with Crippen molar-refractivity contribution in [1.82, 2.24) is 4.90 Å². The summed E-state index contributed by atoms with van der Waals surface area (Å²) in [6.07, 6.45) is 2.87. The van der Waals surface area contributed by atoms with E-state index in [9.17, 15) is 14.4 Å². The van der Waals surface area contributed by atoms with Crippen molar-refractivity contribution in [2.24, 2.45) is 17.6 Å². The smallest absolute Gasteiger partial charge is 0.227 e. The van der Waals surface area contributed by atoms with Gasteiger partial charge in [0.1, 0.15) is 0 Å². The molecule has 2 aliphatic heterocycles. The zero-order chi connectivity index (χ0) is 17.1. The van der Waals surface area contributed by atoms with Gasteiger partial charge in [-0.1, -0.05) is 18.2 Å². The summed E-state index contributed by atoms with van der Waals surface area (Å²) in [6.45, 7) is 1.15. The van der Waals surface area contributed by atoms with Crippen LogP contribution in [0, 0.1) is 11.8 Å². The fraction of sp³-hybridized carbons (Fsp3) is 0.500. The van der Waals surface area contributed by atoms with Gasteiger partial charge in [0, 0.05) is 37.0 Å². The normalized spacial score (nSPS) is 21.1. The minimum Gasteiger partial charge on any atom is -0.369 e. The summed E-state index contributed by atoms with van der Waals surface area (Å²) in [7, 11) is 0. The molecule has 1 fully saturated rings. The Labute approximate surface area is 141 Å². The highest BCUT2D eigenvalue weighted by atomic mass is 16.2. The van der Waals surface area contributed by atoms with Crippen LogP contribution < -0.4 is 11.1 Å². The van der Waals surface area contributed by atoms with Crippen molar-refractivity contribution in [3.63, 3.8) is 0 Å². The van der Waals surface area contributed by atoms with Gasteiger partial charge in [0.15, 0.2) is 0 Å². The molecule has 0 bridgehead atoms. The number of likely N-dealkylation sites (tertiary alicyclic amines) is 1. The van der Waals surface area contributed by atoms with Crippen LogP contribution in [0.1, 0.15) is 31.2 Å². The van der Waals surface area contributed by atoms with Crippen molar-refractivity contribution >= 4 is 23.4 Å². The predicted octanol–water partition coefficient (Wildman–Crippen LogP) is 1.30. The Morgan fingerprint density at radius 2 is 1.92 bits per heavy atom. The SMILES string of the molecule is NC(=O)C1CCN(C(=O)CCC2Cc3ccccc3NC2=O)CC1. The number of carbonyl (C=O) groups excluding carboxylic acids is 3. The van der Waals surface area contributed by atoms with Gasteiger partial charge in [-0.15, -0.1) is 0 Å².